The smallest absolute Gasteiger partial charge is 0.248 e. The minimum atomic E-state index is -3.65. The van der Waals surface area contributed by atoms with E-state index in [-0.39, 0.29) is 10.8 Å². The van der Waals surface area contributed by atoms with Crippen LogP contribution in [0.1, 0.15) is 24.8 Å². The summed E-state index contributed by atoms with van der Waals surface area (Å²) in [6, 6.07) is 12.1. The third kappa shape index (κ3) is 5.46. The summed E-state index contributed by atoms with van der Waals surface area (Å²) in [6.45, 7) is 1.03. The molecule has 1 saturated heterocycles. The van der Waals surface area contributed by atoms with Crippen molar-refractivity contribution in [1.82, 2.24) is 4.31 Å². The zero-order valence-corrected chi connectivity index (χ0v) is 18.5. The Morgan fingerprint density at radius 2 is 1.79 bits per heavy atom. The minimum absolute atomic E-state index is 0.123. The van der Waals surface area contributed by atoms with E-state index >= 15 is 0 Å². The first-order valence-corrected chi connectivity index (χ1v) is 11.6. The molecule has 0 radical (unpaired) electrons. The summed E-state index contributed by atoms with van der Waals surface area (Å²) >= 11 is 3.35. The summed E-state index contributed by atoms with van der Waals surface area (Å²) in [4.78, 5) is 12.3. The molecule has 1 aliphatic heterocycles. The van der Waals surface area contributed by atoms with E-state index in [0.717, 1.165) is 23.7 Å². The van der Waals surface area contributed by atoms with Crippen molar-refractivity contribution < 1.29 is 17.9 Å². The Kier molecular flexibility index (Phi) is 7.10. The summed E-state index contributed by atoms with van der Waals surface area (Å²) in [7, 11) is -2.20. The van der Waals surface area contributed by atoms with Crippen LogP contribution < -0.4 is 10.1 Å². The molecule has 0 unspecified atom stereocenters. The molecule has 0 aromatic heterocycles. The van der Waals surface area contributed by atoms with Crippen LogP contribution in [0.4, 0.5) is 5.69 Å². The highest BCUT2D eigenvalue weighted by atomic mass is 79.9. The van der Waals surface area contributed by atoms with E-state index in [2.05, 4.69) is 21.2 Å². The number of methoxy groups -OCH3 is 1. The third-order valence-corrected chi connectivity index (χ3v) is 7.11. The fraction of sp³-hybridized carbons (Fsp3) is 0.286. The average molecular weight is 479 g/mol. The molecule has 3 rings (SSSR count). The fourth-order valence-corrected chi connectivity index (χ4v) is 5.10. The lowest BCUT2D eigenvalue weighted by atomic mass is 10.2. The SMILES string of the molecule is COc1ccc(/C=C/C(=O)Nc2ccc(Br)cc2)cc1S(=O)(=O)N1CCCCC1. The van der Waals surface area contributed by atoms with Gasteiger partial charge >= 0.3 is 0 Å². The van der Waals surface area contributed by atoms with Gasteiger partial charge in [-0.25, -0.2) is 8.42 Å². The first-order chi connectivity index (χ1) is 13.9. The lowest BCUT2D eigenvalue weighted by Crippen LogP contribution is -2.35. The van der Waals surface area contributed by atoms with Crippen LogP contribution >= 0.6 is 15.9 Å². The molecule has 0 atom stereocenters. The highest BCUT2D eigenvalue weighted by Crippen LogP contribution is 2.30. The van der Waals surface area contributed by atoms with Gasteiger partial charge in [-0.05, 0) is 60.9 Å². The van der Waals surface area contributed by atoms with Crippen molar-refractivity contribution in [1.29, 1.82) is 0 Å². The number of hydrogen-bond acceptors (Lipinski definition) is 4. The van der Waals surface area contributed by atoms with Gasteiger partial charge in [0, 0.05) is 29.3 Å². The van der Waals surface area contributed by atoms with E-state index in [9.17, 15) is 13.2 Å². The molecule has 8 heteroatoms. The van der Waals surface area contributed by atoms with Gasteiger partial charge in [-0.1, -0.05) is 28.4 Å². The van der Waals surface area contributed by atoms with Crippen LogP contribution in [0.25, 0.3) is 6.08 Å². The van der Waals surface area contributed by atoms with Gasteiger partial charge in [-0.2, -0.15) is 4.31 Å². The maximum Gasteiger partial charge on any atom is 0.248 e. The number of ether oxygens (including phenoxy) is 1. The molecular formula is C21H23BrN2O4S. The molecule has 2 aromatic carbocycles. The lowest BCUT2D eigenvalue weighted by Gasteiger charge is -2.26. The van der Waals surface area contributed by atoms with Crippen LogP contribution in [0.5, 0.6) is 5.75 Å². The van der Waals surface area contributed by atoms with Gasteiger partial charge in [0.15, 0.2) is 0 Å². The van der Waals surface area contributed by atoms with Gasteiger partial charge in [0.05, 0.1) is 7.11 Å². The summed E-state index contributed by atoms with van der Waals surface area (Å²) in [6.07, 6.45) is 5.72. The maximum atomic E-state index is 13.1. The topological polar surface area (TPSA) is 75.7 Å². The highest BCUT2D eigenvalue weighted by molar-refractivity contribution is 9.10. The quantitative estimate of drug-likeness (QED) is 0.628. The second-order valence-electron chi connectivity index (χ2n) is 6.70. The molecule has 0 spiro atoms. The number of rotatable bonds is 6. The summed E-state index contributed by atoms with van der Waals surface area (Å²) in [5.41, 5.74) is 1.28. The van der Waals surface area contributed by atoms with Crippen LogP contribution in [0.15, 0.2) is 57.9 Å². The number of halogens is 1. The van der Waals surface area contributed by atoms with Crippen molar-refractivity contribution in [2.45, 2.75) is 24.2 Å². The number of piperidine rings is 1. The Morgan fingerprint density at radius 3 is 2.45 bits per heavy atom. The van der Waals surface area contributed by atoms with E-state index in [1.54, 1.807) is 36.4 Å². The standard InChI is InChI=1S/C21H23BrN2O4S/c1-28-19-11-5-16(6-12-21(25)23-18-9-7-17(22)8-10-18)15-20(19)29(26,27)24-13-3-2-4-14-24/h5-12,15H,2-4,13-14H2,1H3,(H,23,25)/b12-6+. The number of nitrogens with zero attached hydrogens (tertiary/aromatic N) is 1. The predicted molar refractivity (Wildman–Crippen MR) is 117 cm³/mol. The van der Waals surface area contributed by atoms with E-state index in [1.165, 1.54) is 17.5 Å². The second kappa shape index (κ2) is 9.56. The van der Waals surface area contributed by atoms with E-state index in [4.69, 9.17) is 4.74 Å². The molecule has 1 aliphatic rings. The Morgan fingerprint density at radius 1 is 1.10 bits per heavy atom. The van der Waals surface area contributed by atoms with Gasteiger partial charge in [-0.15, -0.1) is 0 Å². The zero-order chi connectivity index (χ0) is 20.9. The number of anilines is 1. The Bertz CT molecular complexity index is 998. The molecule has 0 saturated carbocycles. The summed E-state index contributed by atoms with van der Waals surface area (Å²) < 4.78 is 33.8. The predicted octanol–water partition coefficient (Wildman–Crippen LogP) is 4.28. The van der Waals surface area contributed by atoms with E-state index < -0.39 is 10.0 Å². The molecule has 1 heterocycles. The van der Waals surface area contributed by atoms with Crippen molar-refractivity contribution in [3.05, 3.63) is 58.6 Å². The Hall–Kier alpha value is -2.16. The van der Waals surface area contributed by atoms with Crippen molar-refractivity contribution in [3.63, 3.8) is 0 Å². The maximum absolute atomic E-state index is 13.1. The minimum Gasteiger partial charge on any atom is -0.495 e. The number of benzene rings is 2. The fourth-order valence-electron chi connectivity index (χ4n) is 3.13. The zero-order valence-electron chi connectivity index (χ0n) is 16.1. The Balaban J connectivity index is 1.79. The monoisotopic (exact) mass is 478 g/mol. The van der Waals surface area contributed by atoms with Crippen LogP contribution in [0.2, 0.25) is 0 Å². The third-order valence-electron chi connectivity index (χ3n) is 4.66. The molecular weight excluding hydrogens is 456 g/mol. The number of sulfonamides is 1. The van der Waals surface area contributed by atoms with Crippen molar-refractivity contribution in [2.24, 2.45) is 0 Å². The van der Waals surface area contributed by atoms with Gasteiger partial charge in [0.25, 0.3) is 0 Å². The molecule has 6 nitrogen and oxygen atoms in total. The van der Waals surface area contributed by atoms with Crippen molar-refractivity contribution in [2.75, 3.05) is 25.5 Å². The molecule has 1 fully saturated rings. The normalized spacial score (nSPS) is 15.4. The molecule has 154 valence electrons. The average Bonchev–Trinajstić information content (AvgIpc) is 2.74. The highest BCUT2D eigenvalue weighted by Gasteiger charge is 2.28. The largest absolute Gasteiger partial charge is 0.495 e. The molecule has 2 aromatic rings. The molecule has 1 amide bonds. The first-order valence-electron chi connectivity index (χ1n) is 9.33. The van der Waals surface area contributed by atoms with E-state index in [1.807, 2.05) is 12.1 Å². The van der Waals surface area contributed by atoms with Crippen molar-refractivity contribution >= 4 is 43.6 Å². The van der Waals surface area contributed by atoms with Crippen molar-refractivity contribution in [3.8, 4) is 5.75 Å². The van der Waals surface area contributed by atoms with Crippen LogP contribution in [0.3, 0.4) is 0 Å². The van der Waals surface area contributed by atoms with Gasteiger partial charge < -0.3 is 10.1 Å². The number of hydrogen-bond donors (Lipinski definition) is 1. The van der Waals surface area contributed by atoms with E-state index in [0.29, 0.717) is 30.1 Å². The molecule has 29 heavy (non-hydrogen) atoms. The number of nitrogens with one attached hydrogen (secondary N) is 1. The van der Waals surface area contributed by atoms with Crippen LogP contribution in [-0.2, 0) is 14.8 Å². The van der Waals surface area contributed by atoms with Crippen LogP contribution in [-0.4, -0.2) is 38.8 Å². The number of carbonyl (C=O) groups is 1. The van der Waals surface area contributed by atoms with Gasteiger partial charge in [-0.3, -0.25) is 4.79 Å². The molecule has 0 aliphatic carbocycles. The summed E-state index contributed by atoms with van der Waals surface area (Å²) in [5, 5.41) is 2.76. The lowest BCUT2D eigenvalue weighted by molar-refractivity contribution is -0.111. The number of carbonyl (C=O) groups excluding carboxylic acids is 1. The molecule has 0 bridgehead atoms. The van der Waals surface area contributed by atoms with Gasteiger partial charge in [0.2, 0.25) is 15.9 Å². The van der Waals surface area contributed by atoms with Gasteiger partial charge in [0.1, 0.15) is 10.6 Å². The first kappa shape index (κ1) is 21.5. The number of amides is 1. The van der Waals surface area contributed by atoms with Crippen LogP contribution in [0, 0.1) is 0 Å². The summed E-state index contributed by atoms with van der Waals surface area (Å²) in [5.74, 6) is -0.00406. The Labute approximate surface area is 179 Å². The second-order valence-corrected chi connectivity index (χ2v) is 9.53. The molecule has 1 N–H and O–H groups in total.